The van der Waals surface area contributed by atoms with Gasteiger partial charge in [0.2, 0.25) is 5.82 Å². The van der Waals surface area contributed by atoms with Gasteiger partial charge in [-0.1, -0.05) is 25.4 Å². The predicted molar refractivity (Wildman–Crippen MR) is 73.7 cm³/mol. The fourth-order valence-electron chi connectivity index (χ4n) is 1.83. The molecule has 6 nitrogen and oxygen atoms in total. The molecule has 2 aromatic rings. The van der Waals surface area contributed by atoms with Crippen LogP contribution >= 0.6 is 11.6 Å². The summed E-state index contributed by atoms with van der Waals surface area (Å²) in [6.45, 7) is 3.53. The molecule has 0 amide bonds. The van der Waals surface area contributed by atoms with E-state index in [2.05, 4.69) is 5.10 Å². The summed E-state index contributed by atoms with van der Waals surface area (Å²) in [5, 5.41) is 15.2. The van der Waals surface area contributed by atoms with Crippen LogP contribution in [0.2, 0.25) is 5.02 Å². The maximum atomic E-state index is 13.5. The highest BCUT2D eigenvalue weighted by atomic mass is 35.5. The first-order valence-corrected chi connectivity index (χ1v) is 6.19. The van der Waals surface area contributed by atoms with E-state index < -0.39 is 10.7 Å². The maximum absolute atomic E-state index is 13.5. The number of halogens is 2. The fraction of sp³-hybridized carbons (Fsp3) is 0.250. The van der Waals surface area contributed by atoms with Crippen LogP contribution in [0.3, 0.4) is 0 Å². The number of nitrogen functional groups attached to an aromatic ring is 1. The van der Waals surface area contributed by atoms with Crippen LogP contribution in [0.1, 0.15) is 25.5 Å². The Hall–Kier alpha value is -2.15. The molecule has 1 heterocycles. The molecule has 0 spiro atoms. The zero-order chi connectivity index (χ0) is 15.0. The normalized spacial score (nSPS) is 11.1. The number of hydrogen-bond acceptors (Lipinski definition) is 4. The van der Waals surface area contributed by atoms with E-state index in [9.17, 15) is 14.5 Å². The van der Waals surface area contributed by atoms with Gasteiger partial charge in [0.25, 0.3) is 0 Å². The van der Waals surface area contributed by atoms with Gasteiger partial charge in [-0.25, -0.2) is 9.07 Å². The summed E-state index contributed by atoms with van der Waals surface area (Å²) < 4.78 is 14.6. The molecular weight excluding hydrogens is 287 g/mol. The summed E-state index contributed by atoms with van der Waals surface area (Å²) in [7, 11) is 0. The SMILES string of the molecule is CC(C)c1nn(-c2ccc(Cl)c(F)c2)c(N)c1[N+](=O)[O-]. The van der Waals surface area contributed by atoms with Gasteiger partial charge >= 0.3 is 5.69 Å². The molecule has 0 radical (unpaired) electrons. The van der Waals surface area contributed by atoms with Gasteiger partial charge in [-0.15, -0.1) is 0 Å². The molecule has 2 rings (SSSR count). The van der Waals surface area contributed by atoms with Gasteiger partial charge < -0.3 is 5.73 Å². The van der Waals surface area contributed by atoms with Gasteiger partial charge in [0.15, 0.2) is 0 Å². The standard InChI is InChI=1S/C12H12ClFN4O2/c1-6(2)10-11(18(19)20)12(15)17(16-10)7-3-4-8(13)9(14)5-7/h3-6H,15H2,1-2H3. The van der Waals surface area contributed by atoms with Crippen molar-refractivity contribution in [2.45, 2.75) is 19.8 Å². The third-order valence-electron chi connectivity index (χ3n) is 2.80. The van der Waals surface area contributed by atoms with Crippen LogP contribution in [0, 0.1) is 15.9 Å². The van der Waals surface area contributed by atoms with E-state index in [1.54, 1.807) is 13.8 Å². The summed E-state index contributed by atoms with van der Waals surface area (Å²) in [6.07, 6.45) is 0. The summed E-state index contributed by atoms with van der Waals surface area (Å²) in [5.74, 6) is -0.968. The molecule has 0 aliphatic rings. The van der Waals surface area contributed by atoms with Crippen molar-refractivity contribution in [3.63, 3.8) is 0 Å². The molecule has 1 aromatic heterocycles. The largest absolute Gasteiger partial charge is 0.378 e. The smallest absolute Gasteiger partial charge is 0.334 e. The van der Waals surface area contributed by atoms with Crippen LogP contribution in [0.25, 0.3) is 5.69 Å². The molecule has 0 saturated carbocycles. The molecule has 0 aliphatic heterocycles. The van der Waals surface area contributed by atoms with E-state index in [0.29, 0.717) is 0 Å². The van der Waals surface area contributed by atoms with Crippen molar-refractivity contribution < 1.29 is 9.31 Å². The second-order valence-electron chi connectivity index (χ2n) is 4.54. The Kier molecular flexibility index (Phi) is 3.63. The topological polar surface area (TPSA) is 87.0 Å². The van der Waals surface area contributed by atoms with Crippen molar-refractivity contribution in [1.29, 1.82) is 0 Å². The molecule has 1 aromatic carbocycles. The van der Waals surface area contributed by atoms with Crippen LogP contribution in [-0.4, -0.2) is 14.7 Å². The lowest BCUT2D eigenvalue weighted by molar-refractivity contribution is -0.384. The number of anilines is 1. The number of rotatable bonds is 3. The van der Waals surface area contributed by atoms with Gasteiger partial charge in [-0.3, -0.25) is 10.1 Å². The van der Waals surface area contributed by atoms with E-state index >= 15 is 0 Å². The van der Waals surface area contributed by atoms with E-state index in [1.165, 1.54) is 12.1 Å². The Morgan fingerprint density at radius 1 is 1.50 bits per heavy atom. The molecule has 0 aliphatic carbocycles. The lowest BCUT2D eigenvalue weighted by Gasteiger charge is -2.04. The van der Waals surface area contributed by atoms with Gasteiger partial charge in [-0.2, -0.15) is 5.10 Å². The second-order valence-corrected chi connectivity index (χ2v) is 4.95. The highest BCUT2D eigenvalue weighted by Crippen LogP contribution is 2.33. The van der Waals surface area contributed by atoms with E-state index in [1.807, 2.05) is 0 Å². The monoisotopic (exact) mass is 298 g/mol. The molecule has 2 N–H and O–H groups in total. The molecule has 8 heteroatoms. The van der Waals surface area contributed by atoms with Crippen molar-refractivity contribution in [3.8, 4) is 5.69 Å². The summed E-state index contributed by atoms with van der Waals surface area (Å²) in [4.78, 5) is 10.5. The highest BCUT2D eigenvalue weighted by Gasteiger charge is 2.28. The Labute approximate surface area is 119 Å². The first-order chi connectivity index (χ1) is 9.32. The van der Waals surface area contributed by atoms with Gasteiger partial charge in [0.1, 0.15) is 11.5 Å². The Morgan fingerprint density at radius 3 is 2.60 bits per heavy atom. The van der Waals surface area contributed by atoms with E-state index in [-0.39, 0.29) is 33.8 Å². The molecule has 0 unspecified atom stereocenters. The Bertz CT molecular complexity index is 684. The van der Waals surface area contributed by atoms with Crippen molar-refractivity contribution >= 4 is 23.1 Å². The van der Waals surface area contributed by atoms with E-state index in [0.717, 1.165) is 10.7 Å². The number of aromatic nitrogens is 2. The van der Waals surface area contributed by atoms with Crippen LogP contribution in [0.15, 0.2) is 18.2 Å². The minimum absolute atomic E-state index is 0.0435. The van der Waals surface area contributed by atoms with Crippen molar-refractivity contribution in [3.05, 3.63) is 44.8 Å². The fourth-order valence-corrected chi connectivity index (χ4v) is 1.95. The van der Waals surface area contributed by atoms with Crippen LogP contribution in [-0.2, 0) is 0 Å². The third-order valence-corrected chi connectivity index (χ3v) is 3.10. The van der Waals surface area contributed by atoms with Crippen LogP contribution < -0.4 is 5.73 Å². The predicted octanol–water partition coefficient (Wildman–Crippen LogP) is 3.28. The minimum atomic E-state index is -0.646. The Morgan fingerprint density at radius 2 is 2.15 bits per heavy atom. The molecular formula is C12H12ClFN4O2. The number of nitrogens with two attached hydrogens (primary N) is 1. The lowest BCUT2D eigenvalue weighted by Crippen LogP contribution is -2.03. The number of nitro groups is 1. The van der Waals surface area contributed by atoms with Crippen LogP contribution in [0.4, 0.5) is 15.9 Å². The second kappa shape index (κ2) is 5.09. The molecule has 0 bridgehead atoms. The van der Waals surface area contributed by atoms with Gasteiger partial charge in [-0.05, 0) is 12.1 Å². The van der Waals surface area contributed by atoms with Crippen molar-refractivity contribution in [2.75, 3.05) is 5.73 Å². The molecule has 106 valence electrons. The molecule has 0 saturated heterocycles. The summed E-state index contributed by atoms with van der Waals surface area (Å²) in [6, 6.07) is 3.95. The van der Waals surface area contributed by atoms with Crippen molar-refractivity contribution in [2.24, 2.45) is 0 Å². The average Bonchev–Trinajstić information content (AvgIpc) is 2.71. The molecule has 0 fully saturated rings. The Balaban J connectivity index is 2.66. The summed E-state index contributed by atoms with van der Waals surface area (Å²) in [5.41, 5.74) is 6.04. The zero-order valence-corrected chi connectivity index (χ0v) is 11.6. The van der Waals surface area contributed by atoms with Gasteiger partial charge in [0.05, 0.1) is 15.6 Å². The average molecular weight is 299 g/mol. The molecule has 20 heavy (non-hydrogen) atoms. The zero-order valence-electron chi connectivity index (χ0n) is 10.8. The number of nitrogens with zero attached hydrogens (tertiary/aromatic N) is 3. The minimum Gasteiger partial charge on any atom is -0.378 e. The number of hydrogen-bond donors (Lipinski definition) is 1. The quantitative estimate of drug-likeness (QED) is 0.696. The lowest BCUT2D eigenvalue weighted by atomic mass is 10.1. The van der Waals surface area contributed by atoms with E-state index in [4.69, 9.17) is 17.3 Å². The first kappa shape index (κ1) is 14.3. The maximum Gasteiger partial charge on any atom is 0.334 e. The summed E-state index contributed by atoms with van der Waals surface area (Å²) >= 11 is 5.60. The number of benzene rings is 1. The van der Waals surface area contributed by atoms with Crippen LogP contribution in [0.5, 0.6) is 0 Å². The molecule has 0 atom stereocenters. The van der Waals surface area contributed by atoms with Gasteiger partial charge in [0, 0.05) is 12.0 Å². The first-order valence-electron chi connectivity index (χ1n) is 5.81. The third kappa shape index (κ3) is 2.32. The highest BCUT2D eigenvalue weighted by molar-refractivity contribution is 6.30. The van der Waals surface area contributed by atoms with Crippen molar-refractivity contribution in [1.82, 2.24) is 9.78 Å².